The van der Waals surface area contributed by atoms with Crippen LogP contribution in [0, 0.1) is 0 Å². The fourth-order valence-corrected chi connectivity index (χ4v) is 10.4. The minimum absolute atomic E-state index is 0.0945. The molecule has 0 aromatic heterocycles. The standard InChI is InChI=1S/C61H124NO7P/c1-6-8-10-12-14-16-18-20-22-24-26-27-28-29-30-31-32-33-34-35-36-37-38-40-42-44-46-48-50-52-54-61(63)69-60(59-68-70(64,65)67-57-55-62(3,4)5)58-66-56-53-51-49-47-45-43-41-39-25-23-21-19-17-15-13-11-9-7-2/h60H,6-59H2,1-5H3/p+1/t60-/m1/s1. The van der Waals surface area contributed by atoms with Gasteiger partial charge in [-0.2, -0.15) is 0 Å². The minimum atomic E-state index is -4.28. The maximum atomic E-state index is 12.8. The number of likely N-dealkylation sites (N-methyl/N-ethyl adjacent to an activating group) is 1. The van der Waals surface area contributed by atoms with Gasteiger partial charge in [-0.1, -0.05) is 309 Å². The molecule has 0 spiro atoms. The van der Waals surface area contributed by atoms with Crippen LogP contribution in [0.1, 0.15) is 328 Å². The Labute approximate surface area is 438 Å². The molecule has 1 unspecified atom stereocenters. The summed E-state index contributed by atoms with van der Waals surface area (Å²) in [5.41, 5.74) is 0. The van der Waals surface area contributed by atoms with Gasteiger partial charge in [0.05, 0.1) is 34.4 Å². The van der Waals surface area contributed by atoms with Gasteiger partial charge in [0.15, 0.2) is 0 Å². The number of unbranched alkanes of at least 4 members (excludes halogenated alkanes) is 46. The third-order valence-electron chi connectivity index (χ3n) is 14.4. The topological polar surface area (TPSA) is 91.3 Å². The number of phosphoric ester groups is 1. The van der Waals surface area contributed by atoms with Crippen LogP contribution < -0.4 is 0 Å². The lowest BCUT2D eigenvalue weighted by Crippen LogP contribution is -2.37. The van der Waals surface area contributed by atoms with Gasteiger partial charge >= 0.3 is 13.8 Å². The molecule has 9 heteroatoms. The predicted octanol–water partition coefficient (Wildman–Crippen LogP) is 19.9. The van der Waals surface area contributed by atoms with E-state index in [0.717, 1.165) is 32.1 Å². The van der Waals surface area contributed by atoms with Crippen LogP contribution in [0.25, 0.3) is 0 Å². The van der Waals surface area contributed by atoms with E-state index >= 15 is 0 Å². The fourth-order valence-electron chi connectivity index (χ4n) is 9.62. The lowest BCUT2D eigenvalue weighted by Gasteiger charge is -2.24. The number of quaternary nitrogens is 1. The Kier molecular flexibility index (Phi) is 54.4. The molecule has 70 heavy (non-hydrogen) atoms. The average molecular weight is 1020 g/mol. The summed E-state index contributed by atoms with van der Waals surface area (Å²) in [7, 11) is 1.70. The number of hydrogen-bond acceptors (Lipinski definition) is 6. The summed E-state index contributed by atoms with van der Waals surface area (Å²) in [6.07, 6.45) is 64.8. The van der Waals surface area contributed by atoms with Crippen molar-refractivity contribution in [3.63, 3.8) is 0 Å². The Bertz CT molecular complexity index is 1090. The van der Waals surface area contributed by atoms with Crippen LogP contribution in [0.15, 0.2) is 0 Å². The molecule has 0 saturated heterocycles. The molecule has 0 radical (unpaired) electrons. The fraction of sp³-hybridized carbons (Fsp3) is 0.984. The van der Waals surface area contributed by atoms with Crippen LogP contribution in [0.3, 0.4) is 0 Å². The second kappa shape index (κ2) is 54.8. The zero-order chi connectivity index (χ0) is 51.2. The second-order valence-corrected chi connectivity index (χ2v) is 24.3. The zero-order valence-corrected chi connectivity index (χ0v) is 48.9. The van der Waals surface area contributed by atoms with Crippen molar-refractivity contribution in [1.29, 1.82) is 0 Å². The molecule has 0 aromatic rings. The highest BCUT2D eigenvalue weighted by molar-refractivity contribution is 7.47. The Morgan fingerprint density at radius 3 is 0.943 bits per heavy atom. The van der Waals surface area contributed by atoms with Crippen LogP contribution >= 0.6 is 7.82 Å². The summed E-state index contributed by atoms with van der Waals surface area (Å²) in [4.78, 5) is 23.1. The number of nitrogens with zero attached hydrogens (tertiary/aromatic N) is 1. The lowest BCUT2D eigenvalue weighted by atomic mass is 10.0. The van der Waals surface area contributed by atoms with Crippen molar-refractivity contribution in [3.05, 3.63) is 0 Å². The van der Waals surface area contributed by atoms with E-state index in [-0.39, 0.29) is 25.8 Å². The van der Waals surface area contributed by atoms with E-state index in [0.29, 0.717) is 24.1 Å². The Hall–Kier alpha value is -0.500. The van der Waals surface area contributed by atoms with E-state index < -0.39 is 13.9 Å². The summed E-state index contributed by atoms with van der Waals surface area (Å²) < 4.78 is 35.3. The second-order valence-electron chi connectivity index (χ2n) is 22.8. The van der Waals surface area contributed by atoms with Gasteiger partial charge in [-0.25, -0.2) is 4.57 Å². The number of hydrogen-bond donors (Lipinski definition) is 1. The summed E-state index contributed by atoms with van der Waals surface area (Å²) >= 11 is 0. The van der Waals surface area contributed by atoms with E-state index in [9.17, 15) is 14.3 Å². The van der Waals surface area contributed by atoms with Gasteiger partial charge in [0.25, 0.3) is 0 Å². The van der Waals surface area contributed by atoms with E-state index in [1.165, 1.54) is 276 Å². The monoisotopic (exact) mass is 1010 g/mol. The van der Waals surface area contributed by atoms with Crippen LogP contribution in [0.4, 0.5) is 0 Å². The summed E-state index contributed by atoms with van der Waals surface area (Å²) in [6, 6.07) is 0. The molecule has 0 saturated carbocycles. The van der Waals surface area contributed by atoms with Crippen LogP contribution in [-0.4, -0.2) is 75.6 Å². The van der Waals surface area contributed by atoms with Crippen molar-refractivity contribution in [2.24, 2.45) is 0 Å². The minimum Gasteiger partial charge on any atom is -0.457 e. The molecular weight excluding hydrogens is 890 g/mol. The van der Waals surface area contributed by atoms with Gasteiger partial charge in [-0.05, 0) is 12.8 Å². The van der Waals surface area contributed by atoms with Crippen molar-refractivity contribution in [3.8, 4) is 0 Å². The van der Waals surface area contributed by atoms with Gasteiger partial charge in [0.2, 0.25) is 0 Å². The van der Waals surface area contributed by atoms with Gasteiger partial charge < -0.3 is 18.9 Å². The third kappa shape index (κ3) is 58.4. The molecule has 0 aromatic carbocycles. The number of carbonyl (C=O) groups excluding carboxylic acids is 1. The smallest absolute Gasteiger partial charge is 0.457 e. The highest BCUT2D eigenvalue weighted by Crippen LogP contribution is 2.43. The molecule has 1 N–H and O–H groups in total. The number of esters is 1. The molecular formula is C61H125NO7P+. The van der Waals surface area contributed by atoms with Crippen molar-refractivity contribution >= 4 is 13.8 Å². The largest absolute Gasteiger partial charge is 0.472 e. The quantitative estimate of drug-likeness (QED) is 0.0281. The first-order valence-corrected chi connectivity index (χ1v) is 32.8. The molecule has 0 rings (SSSR count). The molecule has 2 atom stereocenters. The zero-order valence-electron chi connectivity index (χ0n) is 48.1. The van der Waals surface area contributed by atoms with Gasteiger partial charge in [0.1, 0.15) is 19.3 Å². The van der Waals surface area contributed by atoms with E-state index in [4.69, 9.17) is 18.5 Å². The van der Waals surface area contributed by atoms with Crippen LogP contribution in [0.2, 0.25) is 0 Å². The Balaban J connectivity index is 3.91. The highest BCUT2D eigenvalue weighted by atomic mass is 31.2. The number of carbonyl (C=O) groups is 1. The molecule has 0 amide bonds. The lowest BCUT2D eigenvalue weighted by molar-refractivity contribution is -0.870. The van der Waals surface area contributed by atoms with Gasteiger partial charge in [0, 0.05) is 13.0 Å². The molecule has 420 valence electrons. The SMILES string of the molecule is CCCCCCCCCCCCCCCCCCCCCCCCCCCCCCCCC(=O)O[C@H](COCCCCCCCCCCCCCCCCCCCC)COP(=O)(O)OCC[N+](C)(C)C. The number of rotatable bonds is 60. The Morgan fingerprint density at radius 2 is 0.657 bits per heavy atom. The molecule has 0 aliphatic heterocycles. The number of phosphoric acid groups is 1. The van der Waals surface area contributed by atoms with E-state index in [1.807, 2.05) is 21.1 Å². The first-order chi connectivity index (χ1) is 34.1. The summed E-state index contributed by atoms with van der Waals surface area (Å²) in [5.74, 6) is -0.302. The van der Waals surface area contributed by atoms with Crippen molar-refractivity contribution in [2.75, 3.05) is 54.1 Å². The third-order valence-corrected chi connectivity index (χ3v) is 15.4. The van der Waals surface area contributed by atoms with Crippen molar-refractivity contribution in [1.82, 2.24) is 0 Å². The van der Waals surface area contributed by atoms with Crippen molar-refractivity contribution < 1.29 is 37.3 Å². The Morgan fingerprint density at radius 1 is 0.386 bits per heavy atom. The molecule has 0 aliphatic carbocycles. The number of ether oxygens (including phenoxy) is 2. The molecule has 0 fully saturated rings. The molecule has 8 nitrogen and oxygen atoms in total. The van der Waals surface area contributed by atoms with Crippen LogP contribution in [-0.2, 0) is 27.9 Å². The summed E-state index contributed by atoms with van der Waals surface area (Å²) in [5, 5.41) is 0. The molecule has 0 heterocycles. The average Bonchev–Trinajstić information content (AvgIpc) is 3.32. The molecule has 0 aliphatic rings. The van der Waals surface area contributed by atoms with E-state index in [2.05, 4.69) is 13.8 Å². The van der Waals surface area contributed by atoms with Crippen molar-refractivity contribution in [2.45, 2.75) is 335 Å². The maximum absolute atomic E-state index is 12.8. The normalized spacial score (nSPS) is 13.3. The van der Waals surface area contributed by atoms with Gasteiger partial charge in [-0.3, -0.25) is 13.8 Å². The van der Waals surface area contributed by atoms with Crippen LogP contribution in [0.5, 0.6) is 0 Å². The molecule has 0 bridgehead atoms. The van der Waals surface area contributed by atoms with Gasteiger partial charge in [-0.15, -0.1) is 0 Å². The van der Waals surface area contributed by atoms with E-state index in [1.54, 1.807) is 0 Å². The maximum Gasteiger partial charge on any atom is 0.472 e. The summed E-state index contributed by atoms with van der Waals surface area (Å²) in [6.45, 7) is 5.73. The first-order valence-electron chi connectivity index (χ1n) is 31.3. The predicted molar refractivity (Wildman–Crippen MR) is 303 cm³/mol. The highest BCUT2D eigenvalue weighted by Gasteiger charge is 2.26. The first kappa shape index (κ1) is 69.5.